The maximum Gasteiger partial charge on any atom is 0.410 e. The molecule has 2 aromatic heterocycles. The summed E-state index contributed by atoms with van der Waals surface area (Å²) in [6.45, 7) is 4.04. The van der Waals surface area contributed by atoms with Gasteiger partial charge in [-0.25, -0.2) is 4.68 Å². The summed E-state index contributed by atoms with van der Waals surface area (Å²) in [6.07, 6.45) is -2.89. The molecule has 1 aliphatic heterocycles. The molecule has 3 aromatic rings. The van der Waals surface area contributed by atoms with Crippen molar-refractivity contribution in [1.29, 1.82) is 0 Å². The number of halogens is 3. The highest BCUT2D eigenvalue weighted by Crippen LogP contribution is 2.43. The van der Waals surface area contributed by atoms with Gasteiger partial charge in [0.2, 0.25) is 0 Å². The minimum Gasteiger partial charge on any atom is -0.363 e. The maximum atomic E-state index is 13.9. The number of hydrogen-bond acceptors (Lipinski definition) is 4. The number of rotatable bonds is 4. The Bertz CT molecular complexity index is 1130. The van der Waals surface area contributed by atoms with Gasteiger partial charge >= 0.3 is 6.18 Å². The average molecular weight is 446 g/mol. The predicted octanol–water partition coefficient (Wildman–Crippen LogP) is 4.17. The molecule has 0 aliphatic carbocycles. The lowest BCUT2D eigenvalue weighted by atomic mass is 9.96. The first kappa shape index (κ1) is 21.9. The van der Waals surface area contributed by atoms with Gasteiger partial charge in [-0.05, 0) is 19.4 Å². The van der Waals surface area contributed by atoms with E-state index in [1.807, 2.05) is 44.3 Å². The van der Waals surface area contributed by atoms with Crippen molar-refractivity contribution in [1.82, 2.24) is 24.5 Å². The zero-order valence-corrected chi connectivity index (χ0v) is 18.3. The number of anilines is 1. The van der Waals surface area contributed by atoms with Crippen LogP contribution in [0.25, 0.3) is 0 Å². The first-order valence-electron chi connectivity index (χ1n) is 10.3. The first-order chi connectivity index (χ1) is 15.0. The molecule has 0 fully saturated rings. The monoisotopic (exact) mass is 446 g/mol. The third kappa shape index (κ3) is 4.21. The smallest absolute Gasteiger partial charge is 0.363 e. The molecular weight excluding hydrogens is 421 g/mol. The van der Waals surface area contributed by atoms with E-state index in [2.05, 4.69) is 15.5 Å². The molecular formula is C22H25F3N6O. The van der Waals surface area contributed by atoms with Gasteiger partial charge in [-0.3, -0.25) is 9.48 Å². The summed E-state index contributed by atoms with van der Waals surface area (Å²) >= 11 is 0. The molecule has 0 radical (unpaired) electrons. The highest BCUT2D eigenvalue weighted by atomic mass is 19.4. The summed E-state index contributed by atoms with van der Waals surface area (Å²) in [4.78, 5) is 14.4. The van der Waals surface area contributed by atoms with Gasteiger partial charge in [-0.2, -0.15) is 23.4 Å². The van der Waals surface area contributed by atoms with Crippen LogP contribution in [0.15, 0.2) is 36.5 Å². The SMILES string of the molecule is Cc1ccc([C@@H]2C[C@@H](C(F)(F)F)n3nc(C(=O)N(C)Cc4cn(C)nc4C)cc3N2)cc1. The fourth-order valence-electron chi connectivity index (χ4n) is 4.02. The molecule has 0 unspecified atom stereocenters. The number of alkyl halides is 3. The van der Waals surface area contributed by atoms with Crippen LogP contribution >= 0.6 is 0 Å². The zero-order chi connectivity index (χ0) is 23.2. The van der Waals surface area contributed by atoms with Crippen molar-refractivity contribution in [3.05, 3.63) is 64.6 Å². The molecule has 32 heavy (non-hydrogen) atoms. The molecule has 0 saturated carbocycles. The van der Waals surface area contributed by atoms with Crippen LogP contribution in [-0.4, -0.2) is 43.6 Å². The maximum absolute atomic E-state index is 13.9. The summed E-state index contributed by atoms with van der Waals surface area (Å²) in [5.74, 6) is -0.275. The summed E-state index contributed by atoms with van der Waals surface area (Å²) in [5.41, 5.74) is 3.40. The number of fused-ring (bicyclic) bond motifs is 1. The Morgan fingerprint density at radius 1 is 1.22 bits per heavy atom. The van der Waals surface area contributed by atoms with Crippen LogP contribution in [0.4, 0.5) is 19.0 Å². The number of benzene rings is 1. The summed E-state index contributed by atoms with van der Waals surface area (Å²) < 4.78 is 44.2. The lowest BCUT2D eigenvalue weighted by Crippen LogP contribution is -2.35. The van der Waals surface area contributed by atoms with Gasteiger partial charge in [0.25, 0.3) is 5.91 Å². The Labute approximate surface area is 183 Å². The average Bonchev–Trinajstić information content (AvgIpc) is 3.28. The lowest BCUT2D eigenvalue weighted by molar-refractivity contribution is -0.173. The first-order valence-corrected chi connectivity index (χ1v) is 10.3. The van der Waals surface area contributed by atoms with Gasteiger partial charge in [0.1, 0.15) is 5.82 Å². The van der Waals surface area contributed by atoms with E-state index in [9.17, 15) is 18.0 Å². The molecule has 1 aliphatic rings. The fraction of sp³-hybridized carbons (Fsp3) is 0.409. The van der Waals surface area contributed by atoms with Crippen molar-refractivity contribution >= 4 is 11.7 Å². The van der Waals surface area contributed by atoms with E-state index in [0.717, 1.165) is 27.1 Å². The standard InChI is InChI=1S/C22H25F3N6O/c1-13-5-7-15(8-6-13)17-9-19(22(23,24)25)31-20(26-17)10-18(28-31)21(32)29(3)11-16-12-30(4)27-14(16)2/h5-8,10,12,17,19,26H,9,11H2,1-4H3/t17-,19-/m0/s1. The summed E-state index contributed by atoms with van der Waals surface area (Å²) in [7, 11) is 3.38. The van der Waals surface area contributed by atoms with Crippen molar-refractivity contribution in [2.75, 3.05) is 12.4 Å². The van der Waals surface area contributed by atoms with Crippen LogP contribution < -0.4 is 5.32 Å². The minimum absolute atomic E-state index is 0.0321. The van der Waals surface area contributed by atoms with Gasteiger partial charge in [0, 0.05) is 44.9 Å². The quantitative estimate of drug-likeness (QED) is 0.653. The molecule has 0 bridgehead atoms. The molecule has 0 saturated heterocycles. The van der Waals surface area contributed by atoms with E-state index in [1.165, 1.54) is 11.0 Å². The van der Waals surface area contributed by atoms with Crippen LogP contribution in [0.1, 0.15) is 51.4 Å². The molecule has 1 aromatic carbocycles. The molecule has 4 rings (SSSR count). The van der Waals surface area contributed by atoms with Crippen molar-refractivity contribution in [3.8, 4) is 0 Å². The van der Waals surface area contributed by atoms with E-state index < -0.39 is 24.2 Å². The Morgan fingerprint density at radius 2 is 1.91 bits per heavy atom. The van der Waals surface area contributed by atoms with E-state index in [1.54, 1.807) is 18.8 Å². The van der Waals surface area contributed by atoms with E-state index in [4.69, 9.17) is 0 Å². The Morgan fingerprint density at radius 3 is 2.50 bits per heavy atom. The van der Waals surface area contributed by atoms with Crippen LogP contribution in [0.5, 0.6) is 0 Å². The van der Waals surface area contributed by atoms with Gasteiger partial charge in [0.15, 0.2) is 11.7 Å². The number of carbonyl (C=O) groups excluding carboxylic acids is 1. The Hall–Kier alpha value is -3.30. The molecule has 0 spiro atoms. The Balaban J connectivity index is 1.61. The van der Waals surface area contributed by atoms with Crippen molar-refractivity contribution in [3.63, 3.8) is 0 Å². The molecule has 170 valence electrons. The largest absolute Gasteiger partial charge is 0.410 e. The summed E-state index contributed by atoms with van der Waals surface area (Å²) in [5, 5.41) is 11.4. The second kappa shape index (κ2) is 7.99. The topological polar surface area (TPSA) is 68.0 Å². The summed E-state index contributed by atoms with van der Waals surface area (Å²) in [6, 6.07) is 6.42. The third-order valence-electron chi connectivity index (χ3n) is 5.76. The normalized spacial score (nSPS) is 18.2. The molecule has 10 heteroatoms. The molecule has 2 atom stereocenters. The van der Waals surface area contributed by atoms with Gasteiger partial charge < -0.3 is 10.2 Å². The number of aryl methyl sites for hydroxylation is 3. The van der Waals surface area contributed by atoms with Crippen molar-refractivity contribution in [2.24, 2.45) is 7.05 Å². The zero-order valence-electron chi connectivity index (χ0n) is 18.3. The van der Waals surface area contributed by atoms with Crippen LogP contribution in [0, 0.1) is 13.8 Å². The van der Waals surface area contributed by atoms with Gasteiger partial charge in [-0.15, -0.1) is 0 Å². The highest BCUT2D eigenvalue weighted by molar-refractivity contribution is 5.93. The number of aromatic nitrogens is 4. The molecule has 3 heterocycles. The number of hydrogen-bond donors (Lipinski definition) is 1. The van der Waals surface area contributed by atoms with Crippen LogP contribution in [0.3, 0.4) is 0 Å². The van der Waals surface area contributed by atoms with Crippen molar-refractivity contribution < 1.29 is 18.0 Å². The van der Waals surface area contributed by atoms with E-state index in [-0.39, 0.29) is 24.5 Å². The fourth-order valence-corrected chi connectivity index (χ4v) is 4.02. The minimum atomic E-state index is -4.50. The number of carbonyl (C=O) groups is 1. The second-order valence-corrected chi connectivity index (χ2v) is 8.33. The van der Waals surface area contributed by atoms with Gasteiger partial charge in [0.05, 0.1) is 11.7 Å². The highest BCUT2D eigenvalue weighted by Gasteiger charge is 2.46. The van der Waals surface area contributed by atoms with E-state index in [0.29, 0.717) is 0 Å². The Kier molecular flexibility index (Phi) is 5.47. The van der Waals surface area contributed by atoms with Crippen molar-refractivity contribution in [2.45, 2.75) is 45.1 Å². The molecule has 7 nitrogen and oxygen atoms in total. The number of nitrogens with one attached hydrogen (secondary N) is 1. The van der Waals surface area contributed by atoms with Crippen LogP contribution in [-0.2, 0) is 13.6 Å². The third-order valence-corrected chi connectivity index (χ3v) is 5.76. The number of amides is 1. The number of nitrogens with zero attached hydrogens (tertiary/aromatic N) is 5. The van der Waals surface area contributed by atoms with Crippen LogP contribution in [0.2, 0.25) is 0 Å². The lowest BCUT2D eigenvalue weighted by Gasteiger charge is -2.33. The molecule has 1 N–H and O–H groups in total. The predicted molar refractivity (Wildman–Crippen MR) is 113 cm³/mol. The van der Waals surface area contributed by atoms with Gasteiger partial charge in [-0.1, -0.05) is 29.8 Å². The molecule has 1 amide bonds. The van der Waals surface area contributed by atoms with E-state index >= 15 is 0 Å². The second-order valence-electron chi connectivity index (χ2n) is 8.33.